The Morgan fingerprint density at radius 2 is 1.62 bits per heavy atom. The van der Waals surface area contributed by atoms with Gasteiger partial charge in [-0.3, -0.25) is 4.79 Å². The van der Waals surface area contributed by atoms with Crippen LogP contribution in [0.4, 0.5) is 5.69 Å². The Kier molecular flexibility index (Phi) is 7.72. The Balaban J connectivity index is 1.90. The number of benzene rings is 3. The van der Waals surface area contributed by atoms with Crippen molar-refractivity contribution >= 4 is 31.6 Å². The first-order chi connectivity index (χ1) is 16.0. The van der Waals surface area contributed by atoms with Crippen LogP contribution in [0.3, 0.4) is 0 Å². The summed E-state index contributed by atoms with van der Waals surface area (Å²) in [6.07, 6.45) is 0. The predicted molar refractivity (Wildman–Crippen MR) is 128 cm³/mol. The maximum absolute atomic E-state index is 13.6. The lowest BCUT2D eigenvalue weighted by Gasteiger charge is -2.23. The second-order valence-electron chi connectivity index (χ2n) is 7.53. The van der Waals surface area contributed by atoms with Crippen molar-refractivity contribution in [3.63, 3.8) is 0 Å². The standard InChI is InChI=1S/C23H25N3O6S2/c1-17-8-13-21(32-2)22(14-17)34(30,31)26(15-18-6-4-3-5-7-18)16-23(27)25-19-9-11-20(12-10-19)33(24,28)29/h3-14H,15-16H2,1-2H3,(H,25,27)(H2,24,28,29). The van der Waals surface area contributed by atoms with Gasteiger partial charge in [-0.1, -0.05) is 36.4 Å². The number of rotatable bonds is 9. The highest BCUT2D eigenvalue weighted by atomic mass is 32.2. The van der Waals surface area contributed by atoms with Gasteiger partial charge in [0.25, 0.3) is 0 Å². The molecule has 1 amide bonds. The molecule has 180 valence electrons. The SMILES string of the molecule is COc1ccc(C)cc1S(=O)(=O)N(CC(=O)Nc1ccc(S(N)(=O)=O)cc1)Cc1ccccc1. The number of primary sulfonamides is 1. The number of amides is 1. The fourth-order valence-electron chi connectivity index (χ4n) is 3.23. The van der Waals surface area contributed by atoms with Crippen LogP contribution in [-0.2, 0) is 31.4 Å². The third-order valence-corrected chi connectivity index (χ3v) is 7.67. The average Bonchev–Trinajstić information content (AvgIpc) is 2.79. The third kappa shape index (κ3) is 6.20. The molecule has 3 rings (SSSR count). The van der Waals surface area contributed by atoms with Gasteiger partial charge in [0.15, 0.2) is 0 Å². The number of methoxy groups -OCH3 is 1. The van der Waals surface area contributed by atoms with E-state index in [9.17, 15) is 21.6 Å². The number of nitrogens with two attached hydrogens (primary N) is 1. The van der Waals surface area contributed by atoms with Crippen LogP contribution in [0.15, 0.2) is 82.6 Å². The fourth-order valence-corrected chi connectivity index (χ4v) is 5.37. The molecule has 0 aliphatic carbocycles. The zero-order chi connectivity index (χ0) is 24.9. The smallest absolute Gasteiger partial charge is 0.247 e. The molecule has 0 aromatic heterocycles. The number of nitrogens with zero attached hydrogens (tertiary/aromatic N) is 1. The molecule has 0 atom stereocenters. The molecule has 3 N–H and O–H groups in total. The van der Waals surface area contributed by atoms with Crippen molar-refractivity contribution in [1.82, 2.24) is 4.31 Å². The van der Waals surface area contributed by atoms with Crippen molar-refractivity contribution < 1.29 is 26.4 Å². The van der Waals surface area contributed by atoms with Gasteiger partial charge in [0.05, 0.1) is 18.6 Å². The summed E-state index contributed by atoms with van der Waals surface area (Å²) in [6, 6.07) is 18.9. The summed E-state index contributed by atoms with van der Waals surface area (Å²) >= 11 is 0. The summed E-state index contributed by atoms with van der Waals surface area (Å²) in [5, 5.41) is 7.67. The summed E-state index contributed by atoms with van der Waals surface area (Å²) in [6.45, 7) is 1.24. The van der Waals surface area contributed by atoms with Crippen molar-refractivity contribution in [3.8, 4) is 5.75 Å². The Labute approximate surface area is 199 Å². The van der Waals surface area contributed by atoms with E-state index in [0.29, 0.717) is 11.3 Å². The van der Waals surface area contributed by atoms with Crippen molar-refractivity contribution in [2.45, 2.75) is 23.3 Å². The Hall–Kier alpha value is -3.25. The minimum absolute atomic E-state index is 0.0436. The van der Waals surface area contributed by atoms with E-state index in [0.717, 1.165) is 9.87 Å². The molecule has 0 fully saturated rings. The molecule has 0 heterocycles. The second-order valence-corrected chi connectivity index (χ2v) is 11.0. The maximum atomic E-state index is 13.6. The van der Waals surface area contributed by atoms with E-state index in [-0.39, 0.29) is 22.1 Å². The van der Waals surface area contributed by atoms with Crippen LogP contribution in [0.25, 0.3) is 0 Å². The Bertz CT molecular complexity index is 1370. The summed E-state index contributed by atoms with van der Waals surface area (Å²) < 4.78 is 56.3. The predicted octanol–water partition coefficient (Wildman–Crippen LogP) is 2.48. The Morgan fingerprint density at radius 3 is 2.21 bits per heavy atom. The van der Waals surface area contributed by atoms with Crippen LogP contribution in [0.1, 0.15) is 11.1 Å². The molecule has 0 spiro atoms. The van der Waals surface area contributed by atoms with E-state index in [4.69, 9.17) is 9.88 Å². The fraction of sp³-hybridized carbons (Fsp3) is 0.174. The van der Waals surface area contributed by atoms with Gasteiger partial charge in [0.1, 0.15) is 10.6 Å². The largest absolute Gasteiger partial charge is 0.495 e. The van der Waals surface area contributed by atoms with Crippen LogP contribution in [-0.4, -0.2) is 40.7 Å². The van der Waals surface area contributed by atoms with E-state index in [1.165, 1.54) is 37.4 Å². The highest BCUT2D eigenvalue weighted by Crippen LogP contribution is 2.29. The van der Waals surface area contributed by atoms with E-state index in [1.807, 2.05) is 6.07 Å². The molecular weight excluding hydrogens is 478 g/mol. The van der Waals surface area contributed by atoms with E-state index < -0.39 is 32.5 Å². The zero-order valence-electron chi connectivity index (χ0n) is 18.6. The van der Waals surface area contributed by atoms with Gasteiger partial charge in [-0.2, -0.15) is 4.31 Å². The van der Waals surface area contributed by atoms with Gasteiger partial charge in [0, 0.05) is 12.2 Å². The molecular formula is C23H25N3O6S2. The highest BCUT2D eigenvalue weighted by Gasteiger charge is 2.30. The molecule has 9 nitrogen and oxygen atoms in total. The molecule has 0 aliphatic heterocycles. The maximum Gasteiger partial charge on any atom is 0.247 e. The van der Waals surface area contributed by atoms with Crippen molar-refractivity contribution in [3.05, 3.63) is 83.9 Å². The molecule has 0 unspecified atom stereocenters. The number of hydrogen-bond donors (Lipinski definition) is 2. The molecule has 0 aliphatic rings. The quantitative estimate of drug-likeness (QED) is 0.460. The lowest BCUT2D eigenvalue weighted by molar-refractivity contribution is -0.116. The van der Waals surface area contributed by atoms with Crippen LogP contribution in [0, 0.1) is 6.92 Å². The number of sulfonamides is 2. The monoisotopic (exact) mass is 503 g/mol. The first kappa shape index (κ1) is 25.4. The minimum atomic E-state index is -4.13. The van der Waals surface area contributed by atoms with Gasteiger partial charge < -0.3 is 10.1 Å². The van der Waals surface area contributed by atoms with Crippen molar-refractivity contribution in [2.24, 2.45) is 5.14 Å². The molecule has 34 heavy (non-hydrogen) atoms. The van der Waals surface area contributed by atoms with Crippen molar-refractivity contribution in [1.29, 1.82) is 0 Å². The van der Waals surface area contributed by atoms with Crippen LogP contribution < -0.4 is 15.2 Å². The van der Waals surface area contributed by atoms with Crippen LogP contribution in [0.5, 0.6) is 5.75 Å². The number of carbonyl (C=O) groups is 1. The lowest BCUT2D eigenvalue weighted by Crippen LogP contribution is -2.37. The molecule has 0 saturated heterocycles. The summed E-state index contributed by atoms with van der Waals surface area (Å²) in [5.41, 5.74) is 1.71. The summed E-state index contributed by atoms with van der Waals surface area (Å²) in [5.74, 6) is -0.433. The number of ether oxygens (including phenoxy) is 1. The Morgan fingerprint density at radius 1 is 0.971 bits per heavy atom. The first-order valence-electron chi connectivity index (χ1n) is 10.1. The van der Waals surface area contributed by atoms with Gasteiger partial charge >= 0.3 is 0 Å². The van der Waals surface area contributed by atoms with E-state index >= 15 is 0 Å². The summed E-state index contributed by atoms with van der Waals surface area (Å²) in [4.78, 5) is 12.7. The highest BCUT2D eigenvalue weighted by molar-refractivity contribution is 7.89. The number of anilines is 1. The molecule has 0 radical (unpaired) electrons. The number of carbonyl (C=O) groups excluding carboxylic acids is 1. The molecule has 0 saturated carbocycles. The topological polar surface area (TPSA) is 136 Å². The van der Waals surface area contributed by atoms with Crippen LogP contribution in [0.2, 0.25) is 0 Å². The lowest BCUT2D eigenvalue weighted by atomic mass is 10.2. The number of aryl methyl sites for hydroxylation is 1. The molecule has 3 aromatic rings. The molecule has 0 bridgehead atoms. The normalized spacial score (nSPS) is 11.9. The number of hydrogen-bond acceptors (Lipinski definition) is 6. The van der Waals surface area contributed by atoms with Crippen molar-refractivity contribution in [2.75, 3.05) is 19.0 Å². The average molecular weight is 504 g/mol. The number of nitrogens with one attached hydrogen (secondary N) is 1. The second kappa shape index (κ2) is 10.3. The van der Waals surface area contributed by atoms with Gasteiger partial charge in [-0.15, -0.1) is 0 Å². The van der Waals surface area contributed by atoms with Crippen LogP contribution >= 0.6 is 0 Å². The molecule has 11 heteroatoms. The van der Waals surface area contributed by atoms with E-state index in [1.54, 1.807) is 43.3 Å². The molecule has 3 aromatic carbocycles. The minimum Gasteiger partial charge on any atom is -0.495 e. The zero-order valence-corrected chi connectivity index (χ0v) is 20.3. The van der Waals surface area contributed by atoms with E-state index in [2.05, 4.69) is 5.32 Å². The summed E-state index contributed by atoms with van der Waals surface area (Å²) in [7, 11) is -6.62. The first-order valence-corrected chi connectivity index (χ1v) is 13.1. The third-order valence-electron chi connectivity index (χ3n) is 4.93. The van der Waals surface area contributed by atoms with Gasteiger partial charge in [-0.05, 0) is 54.4 Å². The van der Waals surface area contributed by atoms with Gasteiger partial charge in [0.2, 0.25) is 26.0 Å². The van der Waals surface area contributed by atoms with Gasteiger partial charge in [-0.25, -0.2) is 22.0 Å².